The summed E-state index contributed by atoms with van der Waals surface area (Å²) in [5.74, 6) is -0.895. The average Bonchev–Trinajstić information content (AvgIpc) is 2.90. The fraction of sp³-hybridized carbons (Fsp3) is 0.214. The van der Waals surface area contributed by atoms with Crippen LogP contribution in [0.15, 0.2) is 24.5 Å². The summed E-state index contributed by atoms with van der Waals surface area (Å²) in [5.41, 5.74) is 13.2. The number of hydrogen-bond donors (Lipinski definition) is 3. The summed E-state index contributed by atoms with van der Waals surface area (Å²) in [5, 5.41) is 14.6. The van der Waals surface area contributed by atoms with E-state index in [0.717, 1.165) is 0 Å². The van der Waals surface area contributed by atoms with Crippen LogP contribution >= 0.6 is 0 Å². The quantitative estimate of drug-likeness (QED) is 0.674. The molecule has 0 saturated carbocycles. The number of aromatic nitrogens is 4. The molecule has 0 fully saturated rings. The molecule has 0 radical (unpaired) electrons. The van der Waals surface area contributed by atoms with Crippen molar-refractivity contribution in [2.75, 3.05) is 12.3 Å². The molecule has 0 bridgehead atoms. The number of rotatable bonds is 3. The summed E-state index contributed by atoms with van der Waals surface area (Å²) in [4.78, 5) is 8.19. The van der Waals surface area contributed by atoms with Crippen molar-refractivity contribution in [3.05, 3.63) is 30.3 Å². The van der Waals surface area contributed by atoms with E-state index in [1.165, 1.54) is 24.5 Å². The molecule has 0 spiro atoms. The number of anilines is 1. The zero-order valence-electron chi connectivity index (χ0n) is 11.9. The topological polar surface area (TPSA) is 116 Å². The number of benzene rings is 1. The maximum atomic E-state index is 13.3. The maximum Gasteiger partial charge on any atom is 0.164 e. The molecule has 3 aromatic rings. The number of phenols is 1. The molecular formula is C14H15FN6O. The molecule has 2 heterocycles. The van der Waals surface area contributed by atoms with E-state index in [4.69, 9.17) is 11.5 Å². The summed E-state index contributed by atoms with van der Waals surface area (Å²) >= 11 is 0. The highest BCUT2D eigenvalue weighted by Gasteiger charge is 2.20. The van der Waals surface area contributed by atoms with E-state index >= 15 is 0 Å². The van der Waals surface area contributed by atoms with Crippen LogP contribution in [0.1, 0.15) is 13.0 Å². The van der Waals surface area contributed by atoms with E-state index in [1.54, 1.807) is 4.68 Å². The molecule has 0 unspecified atom stereocenters. The Hall–Kier alpha value is -2.74. The lowest BCUT2D eigenvalue weighted by atomic mass is 10.1. The smallest absolute Gasteiger partial charge is 0.164 e. The van der Waals surface area contributed by atoms with E-state index < -0.39 is 11.6 Å². The first kappa shape index (κ1) is 14.2. The Morgan fingerprint density at radius 3 is 2.82 bits per heavy atom. The Morgan fingerprint density at radius 2 is 2.14 bits per heavy atom. The molecule has 1 atom stereocenters. The molecule has 3 rings (SSSR count). The van der Waals surface area contributed by atoms with E-state index in [2.05, 4.69) is 15.1 Å². The number of halogens is 1. The van der Waals surface area contributed by atoms with Gasteiger partial charge in [0.25, 0.3) is 0 Å². The molecule has 5 N–H and O–H groups in total. The van der Waals surface area contributed by atoms with Gasteiger partial charge in [-0.3, -0.25) is 0 Å². The molecule has 1 aromatic carbocycles. The molecule has 22 heavy (non-hydrogen) atoms. The molecule has 8 heteroatoms. The highest BCUT2D eigenvalue weighted by molar-refractivity contribution is 5.98. The Labute approximate surface area is 125 Å². The van der Waals surface area contributed by atoms with Crippen molar-refractivity contribution in [1.82, 2.24) is 19.7 Å². The van der Waals surface area contributed by atoms with Crippen LogP contribution in [-0.2, 0) is 0 Å². The van der Waals surface area contributed by atoms with Crippen LogP contribution in [0, 0.1) is 5.82 Å². The monoisotopic (exact) mass is 302 g/mol. The lowest BCUT2D eigenvalue weighted by molar-refractivity contribution is 0.432. The highest BCUT2D eigenvalue weighted by Crippen LogP contribution is 2.33. The van der Waals surface area contributed by atoms with Crippen LogP contribution in [0.4, 0.5) is 10.2 Å². The van der Waals surface area contributed by atoms with Gasteiger partial charge in [0.1, 0.15) is 17.8 Å². The van der Waals surface area contributed by atoms with Crippen molar-refractivity contribution >= 4 is 16.9 Å². The molecule has 0 amide bonds. The van der Waals surface area contributed by atoms with E-state index in [9.17, 15) is 9.50 Å². The van der Waals surface area contributed by atoms with Gasteiger partial charge >= 0.3 is 0 Å². The van der Waals surface area contributed by atoms with Gasteiger partial charge in [-0.15, -0.1) is 0 Å². The third kappa shape index (κ3) is 2.13. The van der Waals surface area contributed by atoms with Crippen LogP contribution < -0.4 is 11.5 Å². The van der Waals surface area contributed by atoms with Crippen molar-refractivity contribution in [2.45, 2.75) is 13.0 Å². The predicted molar refractivity (Wildman–Crippen MR) is 80.6 cm³/mol. The molecule has 2 aromatic heterocycles. The zero-order chi connectivity index (χ0) is 15.9. The van der Waals surface area contributed by atoms with Gasteiger partial charge in [0.15, 0.2) is 17.2 Å². The number of nitrogens with two attached hydrogens (primary N) is 2. The number of nitrogen functional groups attached to an aromatic ring is 1. The Bertz CT molecular complexity index is 847. The van der Waals surface area contributed by atoms with Crippen LogP contribution in [-0.4, -0.2) is 31.4 Å². The van der Waals surface area contributed by atoms with Crippen molar-refractivity contribution in [1.29, 1.82) is 0 Å². The number of phenolic OH excluding ortho intramolecular Hbond substituents is 1. The van der Waals surface area contributed by atoms with Gasteiger partial charge in [-0.2, -0.15) is 5.10 Å². The van der Waals surface area contributed by atoms with Gasteiger partial charge in [-0.1, -0.05) is 0 Å². The summed E-state index contributed by atoms with van der Waals surface area (Å²) < 4.78 is 14.9. The van der Waals surface area contributed by atoms with Gasteiger partial charge in [-0.05, 0) is 25.1 Å². The van der Waals surface area contributed by atoms with E-state index in [-0.39, 0.29) is 11.9 Å². The maximum absolute atomic E-state index is 13.3. The van der Waals surface area contributed by atoms with Gasteiger partial charge in [-0.25, -0.2) is 19.0 Å². The minimum atomic E-state index is -0.702. The molecule has 0 aliphatic rings. The molecule has 0 saturated heterocycles. The standard InChI is InChI=1S/C14H15FN6O/c1-7(5-16)21-14-11(13(17)18-6-19-14)12(20-21)8-2-3-9(15)10(22)4-8/h2-4,6-7,22H,5,16H2,1H3,(H2,17,18,19)/t7-/m1/s1. The SMILES string of the molecule is C[C@H](CN)n1nc(-c2ccc(F)c(O)c2)c2c(N)ncnc21. The number of nitrogens with zero attached hydrogens (tertiary/aromatic N) is 4. The van der Waals surface area contributed by atoms with E-state index in [1.807, 2.05) is 6.92 Å². The van der Waals surface area contributed by atoms with Gasteiger partial charge < -0.3 is 16.6 Å². The Balaban J connectivity index is 2.31. The summed E-state index contributed by atoms with van der Waals surface area (Å²) in [6.07, 6.45) is 1.35. The summed E-state index contributed by atoms with van der Waals surface area (Å²) in [6.45, 7) is 2.27. The zero-order valence-corrected chi connectivity index (χ0v) is 11.9. The summed E-state index contributed by atoms with van der Waals surface area (Å²) in [7, 11) is 0. The highest BCUT2D eigenvalue weighted by atomic mass is 19.1. The van der Waals surface area contributed by atoms with Gasteiger partial charge in [0.05, 0.1) is 11.4 Å². The summed E-state index contributed by atoms with van der Waals surface area (Å²) in [6, 6.07) is 3.88. The second kappa shape index (κ2) is 5.23. The van der Waals surface area contributed by atoms with Crippen LogP contribution in [0.2, 0.25) is 0 Å². The number of fused-ring (bicyclic) bond motifs is 1. The molecule has 0 aliphatic heterocycles. The molecule has 0 aliphatic carbocycles. The minimum Gasteiger partial charge on any atom is -0.505 e. The Morgan fingerprint density at radius 1 is 1.36 bits per heavy atom. The van der Waals surface area contributed by atoms with Crippen molar-refractivity contribution < 1.29 is 9.50 Å². The predicted octanol–water partition coefficient (Wildman–Crippen LogP) is 1.44. The van der Waals surface area contributed by atoms with Gasteiger partial charge in [0.2, 0.25) is 0 Å². The lowest BCUT2D eigenvalue weighted by Gasteiger charge is -2.09. The van der Waals surface area contributed by atoms with Crippen LogP contribution in [0.5, 0.6) is 5.75 Å². The van der Waals surface area contributed by atoms with Crippen molar-refractivity contribution in [2.24, 2.45) is 5.73 Å². The molecular weight excluding hydrogens is 287 g/mol. The first-order chi connectivity index (χ1) is 10.5. The third-order valence-corrected chi connectivity index (χ3v) is 3.50. The fourth-order valence-electron chi connectivity index (χ4n) is 2.26. The second-order valence-electron chi connectivity index (χ2n) is 5.00. The fourth-order valence-corrected chi connectivity index (χ4v) is 2.26. The van der Waals surface area contributed by atoms with Crippen LogP contribution in [0.25, 0.3) is 22.3 Å². The van der Waals surface area contributed by atoms with Crippen molar-refractivity contribution in [3.8, 4) is 17.0 Å². The van der Waals surface area contributed by atoms with Crippen molar-refractivity contribution in [3.63, 3.8) is 0 Å². The first-order valence-electron chi connectivity index (χ1n) is 6.70. The third-order valence-electron chi connectivity index (χ3n) is 3.50. The normalized spacial score (nSPS) is 12.7. The minimum absolute atomic E-state index is 0.0976. The molecule has 114 valence electrons. The van der Waals surface area contributed by atoms with Gasteiger partial charge in [0, 0.05) is 12.1 Å². The number of aromatic hydroxyl groups is 1. The second-order valence-corrected chi connectivity index (χ2v) is 5.00. The van der Waals surface area contributed by atoms with E-state index in [0.29, 0.717) is 28.8 Å². The largest absolute Gasteiger partial charge is 0.505 e. The van der Waals surface area contributed by atoms with Crippen LogP contribution in [0.3, 0.4) is 0 Å². The molecule has 7 nitrogen and oxygen atoms in total. The lowest BCUT2D eigenvalue weighted by Crippen LogP contribution is -2.17. The first-order valence-corrected chi connectivity index (χ1v) is 6.70. The number of hydrogen-bond acceptors (Lipinski definition) is 6. The Kier molecular flexibility index (Phi) is 3.38. The average molecular weight is 302 g/mol.